The van der Waals surface area contributed by atoms with E-state index in [-0.39, 0.29) is 12.0 Å². The van der Waals surface area contributed by atoms with Gasteiger partial charge in [-0.25, -0.2) is 0 Å². The molecule has 0 aliphatic carbocycles. The fourth-order valence-electron chi connectivity index (χ4n) is 2.12. The zero-order chi connectivity index (χ0) is 11.5. The number of methoxy groups -OCH3 is 1. The summed E-state index contributed by atoms with van der Waals surface area (Å²) >= 11 is 0. The van der Waals surface area contributed by atoms with Gasteiger partial charge in [-0.2, -0.15) is 5.10 Å². The number of aryl methyl sites for hydroxylation is 1. The standard InChI is InChI=1S/C11H17N3O2/c1-12-6-9-10-5-8(7-16-2)13-14(10)4-3-11(9)15/h5-6,9,11,15H,3-4,7H2,1-2H3. The average molecular weight is 223 g/mol. The maximum atomic E-state index is 9.92. The van der Waals surface area contributed by atoms with Gasteiger partial charge >= 0.3 is 0 Å². The van der Waals surface area contributed by atoms with Gasteiger partial charge in [0.1, 0.15) is 0 Å². The number of fused-ring (bicyclic) bond motifs is 1. The van der Waals surface area contributed by atoms with E-state index >= 15 is 0 Å². The number of aliphatic hydroxyl groups excluding tert-OH is 1. The molecule has 2 unspecified atom stereocenters. The van der Waals surface area contributed by atoms with E-state index in [4.69, 9.17) is 4.74 Å². The second kappa shape index (κ2) is 4.76. The van der Waals surface area contributed by atoms with Gasteiger partial charge in [-0.15, -0.1) is 0 Å². The van der Waals surface area contributed by atoms with Crippen LogP contribution in [-0.4, -0.2) is 41.4 Å². The lowest BCUT2D eigenvalue weighted by molar-refractivity contribution is 0.130. The van der Waals surface area contributed by atoms with E-state index in [1.165, 1.54) is 0 Å². The second-order valence-electron chi connectivity index (χ2n) is 4.01. The minimum Gasteiger partial charge on any atom is -0.392 e. The van der Waals surface area contributed by atoms with Gasteiger partial charge in [0, 0.05) is 32.6 Å². The molecule has 1 aliphatic heterocycles. The predicted molar refractivity (Wildman–Crippen MR) is 60.7 cm³/mol. The molecule has 0 saturated heterocycles. The highest BCUT2D eigenvalue weighted by atomic mass is 16.5. The van der Waals surface area contributed by atoms with E-state index in [0.29, 0.717) is 6.61 Å². The Morgan fingerprint density at radius 1 is 1.75 bits per heavy atom. The van der Waals surface area contributed by atoms with Crippen molar-refractivity contribution in [2.45, 2.75) is 31.6 Å². The summed E-state index contributed by atoms with van der Waals surface area (Å²) in [7, 11) is 3.37. The fraction of sp³-hybridized carbons (Fsp3) is 0.636. The van der Waals surface area contributed by atoms with Crippen LogP contribution in [0.2, 0.25) is 0 Å². The minimum atomic E-state index is -0.358. The third-order valence-electron chi connectivity index (χ3n) is 2.86. The highest BCUT2D eigenvalue weighted by Gasteiger charge is 2.28. The van der Waals surface area contributed by atoms with Gasteiger partial charge in [0.25, 0.3) is 0 Å². The number of hydrogen-bond donors (Lipinski definition) is 1. The first-order valence-electron chi connectivity index (χ1n) is 5.42. The summed E-state index contributed by atoms with van der Waals surface area (Å²) in [6.07, 6.45) is 2.15. The Bertz CT molecular complexity index is 387. The average Bonchev–Trinajstić information content (AvgIpc) is 2.66. The first kappa shape index (κ1) is 11.3. The molecule has 1 N–H and O–H groups in total. The first-order valence-corrected chi connectivity index (χ1v) is 5.42. The van der Waals surface area contributed by atoms with E-state index < -0.39 is 0 Å². The molecule has 0 aromatic carbocycles. The normalized spacial score (nSPS) is 24.9. The van der Waals surface area contributed by atoms with Crippen molar-refractivity contribution < 1.29 is 9.84 Å². The molecular formula is C11H17N3O2. The summed E-state index contributed by atoms with van der Waals surface area (Å²) in [6.45, 7) is 1.26. The molecule has 1 aliphatic rings. The lowest BCUT2D eigenvalue weighted by atomic mass is 9.94. The maximum Gasteiger partial charge on any atom is 0.0902 e. The molecule has 1 aromatic rings. The molecule has 2 atom stereocenters. The van der Waals surface area contributed by atoms with Crippen LogP contribution in [0.3, 0.4) is 0 Å². The van der Waals surface area contributed by atoms with Crippen molar-refractivity contribution in [1.82, 2.24) is 9.78 Å². The van der Waals surface area contributed by atoms with E-state index in [0.717, 1.165) is 24.4 Å². The predicted octanol–water partition coefficient (Wildman–Crippen LogP) is 0.578. The number of nitrogens with zero attached hydrogens (tertiary/aromatic N) is 3. The lowest BCUT2D eigenvalue weighted by Gasteiger charge is -2.25. The lowest BCUT2D eigenvalue weighted by Crippen LogP contribution is -2.29. The molecule has 2 rings (SSSR count). The monoisotopic (exact) mass is 223 g/mol. The Morgan fingerprint density at radius 2 is 2.56 bits per heavy atom. The van der Waals surface area contributed by atoms with Gasteiger partial charge in [0.2, 0.25) is 0 Å². The molecule has 0 fully saturated rings. The Kier molecular flexibility index (Phi) is 3.36. The number of aromatic nitrogens is 2. The minimum absolute atomic E-state index is 0.0446. The van der Waals surface area contributed by atoms with Crippen LogP contribution >= 0.6 is 0 Å². The van der Waals surface area contributed by atoms with E-state index in [2.05, 4.69) is 10.1 Å². The van der Waals surface area contributed by atoms with Crippen molar-refractivity contribution in [3.63, 3.8) is 0 Å². The summed E-state index contributed by atoms with van der Waals surface area (Å²) in [4.78, 5) is 4.01. The highest BCUT2D eigenvalue weighted by Crippen LogP contribution is 2.26. The molecule has 2 heterocycles. The first-order chi connectivity index (χ1) is 7.76. The highest BCUT2D eigenvalue weighted by molar-refractivity contribution is 5.68. The number of aliphatic imine (C=N–C) groups is 1. The van der Waals surface area contributed by atoms with Crippen molar-refractivity contribution in [3.05, 3.63) is 17.5 Å². The third kappa shape index (κ3) is 2.01. The molecule has 5 nitrogen and oxygen atoms in total. The smallest absolute Gasteiger partial charge is 0.0902 e. The van der Waals surface area contributed by atoms with Crippen LogP contribution in [0.5, 0.6) is 0 Å². The van der Waals surface area contributed by atoms with Crippen LogP contribution in [0.15, 0.2) is 11.1 Å². The van der Waals surface area contributed by atoms with Crippen LogP contribution in [0.1, 0.15) is 23.7 Å². The summed E-state index contributed by atoms with van der Waals surface area (Å²) < 4.78 is 6.99. The molecule has 0 amide bonds. The van der Waals surface area contributed by atoms with Crippen LogP contribution in [-0.2, 0) is 17.9 Å². The molecule has 0 bridgehead atoms. The molecule has 5 heteroatoms. The van der Waals surface area contributed by atoms with Gasteiger partial charge in [-0.05, 0) is 12.5 Å². The van der Waals surface area contributed by atoms with Gasteiger partial charge in [-0.3, -0.25) is 4.68 Å². The fourth-order valence-corrected chi connectivity index (χ4v) is 2.12. The topological polar surface area (TPSA) is 59.6 Å². The largest absolute Gasteiger partial charge is 0.392 e. The summed E-state index contributed by atoms with van der Waals surface area (Å²) in [5, 5.41) is 14.3. The van der Waals surface area contributed by atoms with Crippen LogP contribution < -0.4 is 0 Å². The van der Waals surface area contributed by atoms with E-state index in [1.807, 2.05) is 10.7 Å². The molecule has 0 saturated carbocycles. The summed E-state index contributed by atoms with van der Waals surface area (Å²) in [5.74, 6) is -0.0446. The van der Waals surface area contributed by atoms with Gasteiger partial charge < -0.3 is 14.8 Å². The molecule has 88 valence electrons. The van der Waals surface area contributed by atoms with Crippen LogP contribution in [0.25, 0.3) is 0 Å². The van der Waals surface area contributed by atoms with Crippen molar-refractivity contribution in [2.24, 2.45) is 4.99 Å². The Labute approximate surface area is 94.8 Å². The van der Waals surface area contributed by atoms with Crippen LogP contribution in [0, 0.1) is 0 Å². The molecule has 0 radical (unpaired) electrons. The quantitative estimate of drug-likeness (QED) is 0.762. The number of ether oxygens (including phenoxy) is 1. The Hall–Kier alpha value is -1.20. The number of aliphatic hydroxyl groups is 1. The third-order valence-corrected chi connectivity index (χ3v) is 2.86. The van der Waals surface area contributed by atoms with Crippen molar-refractivity contribution in [1.29, 1.82) is 0 Å². The summed E-state index contributed by atoms with van der Waals surface area (Å²) in [5.41, 5.74) is 1.93. The SMILES string of the molecule is CN=CC1c2cc(COC)nn2CCC1O. The molecule has 0 spiro atoms. The molecule has 1 aromatic heterocycles. The number of hydrogen-bond acceptors (Lipinski definition) is 4. The van der Waals surface area contributed by atoms with Gasteiger partial charge in [0.05, 0.1) is 24.3 Å². The Balaban J connectivity index is 2.31. The van der Waals surface area contributed by atoms with Gasteiger partial charge in [-0.1, -0.05) is 0 Å². The summed E-state index contributed by atoms with van der Waals surface area (Å²) in [6, 6.07) is 1.98. The van der Waals surface area contributed by atoms with Crippen LogP contribution in [0.4, 0.5) is 0 Å². The van der Waals surface area contributed by atoms with E-state index in [1.54, 1.807) is 20.4 Å². The van der Waals surface area contributed by atoms with Gasteiger partial charge in [0.15, 0.2) is 0 Å². The second-order valence-corrected chi connectivity index (χ2v) is 4.01. The van der Waals surface area contributed by atoms with Crippen molar-refractivity contribution >= 4 is 6.21 Å². The zero-order valence-corrected chi connectivity index (χ0v) is 9.63. The zero-order valence-electron chi connectivity index (χ0n) is 9.63. The molecular weight excluding hydrogens is 206 g/mol. The van der Waals surface area contributed by atoms with Crippen molar-refractivity contribution in [3.8, 4) is 0 Å². The van der Waals surface area contributed by atoms with Crippen molar-refractivity contribution in [2.75, 3.05) is 14.2 Å². The maximum absolute atomic E-state index is 9.92. The number of rotatable bonds is 3. The Morgan fingerprint density at radius 3 is 3.25 bits per heavy atom. The molecule has 16 heavy (non-hydrogen) atoms. The van der Waals surface area contributed by atoms with E-state index in [9.17, 15) is 5.11 Å².